The predicted octanol–water partition coefficient (Wildman–Crippen LogP) is 4.73. The number of nitrogens with zero attached hydrogens (tertiary/aromatic N) is 2. The number of carbonyl (C=O) groups excluding carboxylic acids is 1. The van der Waals surface area contributed by atoms with Gasteiger partial charge in [-0.25, -0.2) is 0 Å². The largest absolute Gasteiger partial charge is 0.507 e. The number of aromatic hydroxyl groups is 1. The molecule has 130 valence electrons. The minimum absolute atomic E-state index is 0.0850. The van der Waals surface area contributed by atoms with Gasteiger partial charge in [-0.1, -0.05) is 32.0 Å². The summed E-state index contributed by atoms with van der Waals surface area (Å²) in [4.78, 5) is 16.4. The molecule has 2 aromatic heterocycles. The van der Waals surface area contributed by atoms with Gasteiger partial charge in [0.2, 0.25) is 0 Å². The summed E-state index contributed by atoms with van der Waals surface area (Å²) >= 11 is 0. The number of carbonyl (C=O) groups is 1. The summed E-state index contributed by atoms with van der Waals surface area (Å²) < 4.78 is 0. The van der Waals surface area contributed by atoms with E-state index in [0.29, 0.717) is 16.6 Å². The average Bonchev–Trinajstić information content (AvgIpc) is 3.09. The van der Waals surface area contributed by atoms with E-state index in [4.69, 9.17) is 4.98 Å². The highest BCUT2D eigenvalue weighted by molar-refractivity contribution is 6.10. The van der Waals surface area contributed by atoms with Gasteiger partial charge in [-0.3, -0.25) is 14.9 Å². The Kier molecular flexibility index (Phi) is 3.72. The number of aromatic nitrogens is 3. The van der Waals surface area contributed by atoms with Gasteiger partial charge in [0, 0.05) is 33.0 Å². The number of aryl methyl sites for hydroxylation is 1. The maximum atomic E-state index is 11.6. The summed E-state index contributed by atoms with van der Waals surface area (Å²) in [5.74, 6) is 0.367. The van der Waals surface area contributed by atoms with Gasteiger partial charge in [0.25, 0.3) is 0 Å². The van der Waals surface area contributed by atoms with Crippen molar-refractivity contribution < 1.29 is 9.90 Å². The van der Waals surface area contributed by atoms with E-state index in [-0.39, 0.29) is 11.7 Å². The molecule has 0 unspecified atom stereocenters. The van der Waals surface area contributed by atoms with Gasteiger partial charge in [0.15, 0.2) is 6.29 Å². The maximum absolute atomic E-state index is 11.6. The zero-order chi connectivity index (χ0) is 18.4. The van der Waals surface area contributed by atoms with Crippen LogP contribution in [0.3, 0.4) is 0 Å². The number of nitrogens with one attached hydrogen (secondary N) is 1. The molecule has 5 heteroatoms. The van der Waals surface area contributed by atoms with Gasteiger partial charge in [-0.15, -0.1) is 0 Å². The van der Waals surface area contributed by atoms with Crippen molar-refractivity contribution in [1.29, 1.82) is 0 Å². The van der Waals surface area contributed by atoms with Crippen molar-refractivity contribution in [1.82, 2.24) is 15.2 Å². The molecule has 0 aliphatic carbocycles. The van der Waals surface area contributed by atoms with Crippen LogP contribution < -0.4 is 0 Å². The molecule has 5 nitrogen and oxygen atoms in total. The first-order valence-corrected chi connectivity index (χ1v) is 8.56. The van der Waals surface area contributed by atoms with Gasteiger partial charge in [0.1, 0.15) is 5.75 Å². The smallest absolute Gasteiger partial charge is 0.152 e. The van der Waals surface area contributed by atoms with Gasteiger partial charge >= 0.3 is 0 Å². The summed E-state index contributed by atoms with van der Waals surface area (Å²) in [5, 5.41) is 19.9. The topological polar surface area (TPSA) is 78.9 Å². The van der Waals surface area contributed by atoms with Crippen LogP contribution in [-0.2, 0) is 0 Å². The van der Waals surface area contributed by atoms with E-state index in [1.807, 2.05) is 12.1 Å². The number of phenolic OH excluding ortho intramolecular Hbond substituents is 1. The second kappa shape index (κ2) is 5.95. The highest BCUT2D eigenvalue weighted by atomic mass is 16.3. The summed E-state index contributed by atoms with van der Waals surface area (Å²) in [6.07, 6.45) is 2.56. The summed E-state index contributed by atoms with van der Waals surface area (Å²) in [6.45, 7) is 6.07. The Bertz CT molecular complexity index is 1160. The van der Waals surface area contributed by atoms with E-state index in [1.54, 1.807) is 25.3 Å². The summed E-state index contributed by atoms with van der Waals surface area (Å²) in [7, 11) is 0. The van der Waals surface area contributed by atoms with Gasteiger partial charge in [0.05, 0.1) is 17.4 Å². The molecule has 2 N–H and O–H groups in total. The van der Waals surface area contributed by atoms with Crippen molar-refractivity contribution in [2.75, 3.05) is 0 Å². The Morgan fingerprint density at radius 2 is 1.96 bits per heavy atom. The minimum Gasteiger partial charge on any atom is -0.507 e. The lowest BCUT2D eigenvalue weighted by atomic mass is 9.89. The number of benzene rings is 2. The maximum Gasteiger partial charge on any atom is 0.152 e. The number of hydrogen-bond donors (Lipinski definition) is 2. The molecule has 0 bridgehead atoms. The third kappa shape index (κ3) is 2.28. The van der Waals surface area contributed by atoms with Crippen LogP contribution in [-0.4, -0.2) is 26.6 Å². The first-order chi connectivity index (χ1) is 12.5. The Hall–Kier alpha value is -3.21. The lowest BCUT2D eigenvalue weighted by molar-refractivity contribution is 0.112. The standard InChI is InChI=1S/C21H19N3O2/c1-11(2)13-7-8-17-15(9-22-24-17)20(13)21-14-5-4-6-18(26)19(14)16(10-25)12(3)23-21/h4-11,26H,1-3H3,(H,22,24). The number of rotatable bonds is 3. The molecule has 0 spiro atoms. The molecule has 0 saturated carbocycles. The zero-order valence-electron chi connectivity index (χ0n) is 14.9. The summed E-state index contributed by atoms with van der Waals surface area (Å²) in [6, 6.07) is 9.37. The van der Waals surface area contributed by atoms with Crippen LogP contribution in [0.15, 0.2) is 36.5 Å². The van der Waals surface area contributed by atoms with E-state index < -0.39 is 0 Å². The van der Waals surface area contributed by atoms with Crippen molar-refractivity contribution in [2.24, 2.45) is 0 Å². The predicted molar refractivity (Wildman–Crippen MR) is 103 cm³/mol. The van der Waals surface area contributed by atoms with E-state index in [1.165, 1.54) is 0 Å². The molecule has 0 aliphatic rings. The van der Waals surface area contributed by atoms with Crippen LogP contribution >= 0.6 is 0 Å². The average molecular weight is 345 g/mol. The first-order valence-electron chi connectivity index (χ1n) is 8.56. The van der Waals surface area contributed by atoms with E-state index >= 15 is 0 Å². The van der Waals surface area contributed by atoms with E-state index in [9.17, 15) is 9.90 Å². The van der Waals surface area contributed by atoms with Crippen molar-refractivity contribution in [3.63, 3.8) is 0 Å². The van der Waals surface area contributed by atoms with Crippen LogP contribution in [0.4, 0.5) is 0 Å². The number of phenols is 1. The van der Waals surface area contributed by atoms with Crippen molar-refractivity contribution in [2.45, 2.75) is 26.7 Å². The quantitative estimate of drug-likeness (QED) is 0.526. The lowest BCUT2D eigenvalue weighted by Crippen LogP contribution is -2.01. The fraction of sp³-hybridized carbons (Fsp3) is 0.190. The molecule has 2 heterocycles. The molecule has 0 radical (unpaired) electrons. The second-order valence-electron chi connectivity index (χ2n) is 6.79. The molecular weight excluding hydrogens is 326 g/mol. The number of hydrogen-bond acceptors (Lipinski definition) is 4. The molecule has 0 aliphatic heterocycles. The molecule has 4 aromatic rings. The Labute approximate surface area is 150 Å². The molecular formula is C21H19N3O2. The number of pyridine rings is 1. The highest BCUT2D eigenvalue weighted by Crippen LogP contribution is 2.40. The fourth-order valence-electron chi connectivity index (χ4n) is 3.60. The highest BCUT2D eigenvalue weighted by Gasteiger charge is 2.20. The second-order valence-corrected chi connectivity index (χ2v) is 6.79. The minimum atomic E-state index is 0.0850. The van der Waals surface area contributed by atoms with Crippen LogP contribution in [0.2, 0.25) is 0 Å². The first kappa shape index (κ1) is 16.3. The normalized spacial score (nSPS) is 11.5. The number of H-pyrrole nitrogens is 1. The zero-order valence-corrected chi connectivity index (χ0v) is 14.9. The van der Waals surface area contributed by atoms with Gasteiger partial charge < -0.3 is 5.11 Å². The van der Waals surface area contributed by atoms with Crippen LogP contribution in [0, 0.1) is 6.92 Å². The van der Waals surface area contributed by atoms with Gasteiger partial charge in [-0.2, -0.15) is 5.10 Å². The van der Waals surface area contributed by atoms with Crippen molar-refractivity contribution in [3.05, 3.63) is 53.3 Å². The Balaban J connectivity index is 2.22. The molecule has 0 atom stereocenters. The Morgan fingerprint density at radius 1 is 1.15 bits per heavy atom. The molecule has 2 aromatic carbocycles. The van der Waals surface area contributed by atoms with E-state index in [2.05, 4.69) is 30.1 Å². The number of aldehydes is 1. The van der Waals surface area contributed by atoms with Crippen LogP contribution in [0.25, 0.3) is 32.9 Å². The van der Waals surface area contributed by atoms with Crippen molar-refractivity contribution >= 4 is 28.0 Å². The fourth-order valence-corrected chi connectivity index (χ4v) is 3.60. The van der Waals surface area contributed by atoms with Gasteiger partial charge in [-0.05, 0) is 30.5 Å². The molecule has 26 heavy (non-hydrogen) atoms. The molecule has 0 fully saturated rings. The van der Waals surface area contributed by atoms with E-state index in [0.717, 1.165) is 39.4 Å². The molecule has 0 saturated heterocycles. The SMILES string of the molecule is Cc1nc(-c2c(C(C)C)ccc3[nH]ncc23)c2cccc(O)c2c1C=O. The monoisotopic (exact) mass is 345 g/mol. The lowest BCUT2D eigenvalue weighted by Gasteiger charge is -2.17. The summed E-state index contributed by atoms with van der Waals surface area (Å²) in [5.41, 5.74) is 4.84. The Morgan fingerprint density at radius 3 is 2.69 bits per heavy atom. The molecule has 4 rings (SSSR count). The molecule has 0 amide bonds. The third-order valence-electron chi connectivity index (χ3n) is 4.87. The van der Waals surface area contributed by atoms with Crippen molar-refractivity contribution in [3.8, 4) is 17.0 Å². The third-order valence-corrected chi connectivity index (χ3v) is 4.87. The number of fused-ring (bicyclic) bond motifs is 2. The van der Waals surface area contributed by atoms with Crippen LogP contribution in [0.1, 0.15) is 41.4 Å². The number of aromatic amines is 1. The van der Waals surface area contributed by atoms with Crippen LogP contribution in [0.5, 0.6) is 5.75 Å².